The lowest BCUT2D eigenvalue weighted by Gasteiger charge is -2.17. The molecule has 0 radical (unpaired) electrons. The fraction of sp³-hybridized carbons (Fsp3) is 0.467. The minimum absolute atomic E-state index is 0. The first-order valence-corrected chi connectivity index (χ1v) is 7.02. The second-order valence-electron chi connectivity index (χ2n) is 4.73. The molecule has 0 bridgehead atoms. The molecule has 0 amide bonds. The van der Waals surface area contributed by atoms with E-state index in [1.807, 2.05) is 30.1 Å². The highest BCUT2D eigenvalue weighted by Crippen LogP contribution is 2.01. The van der Waals surface area contributed by atoms with Gasteiger partial charge in [-0.3, -0.25) is 4.99 Å². The summed E-state index contributed by atoms with van der Waals surface area (Å²) in [5.41, 5.74) is 12.2. The minimum atomic E-state index is 0. The summed E-state index contributed by atoms with van der Waals surface area (Å²) in [5, 5.41) is 0. The Labute approximate surface area is 133 Å². The summed E-state index contributed by atoms with van der Waals surface area (Å²) >= 11 is 0. The minimum Gasteiger partial charge on any atom is -0.370 e. The normalized spacial score (nSPS) is 10.7. The molecule has 1 aromatic carbocycles. The summed E-state index contributed by atoms with van der Waals surface area (Å²) in [6, 6.07) is 10.3. The largest absolute Gasteiger partial charge is 0.370 e. The summed E-state index contributed by atoms with van der Waals surface area (Å²) < 4.78 is 0. The number of aliphatic imine (C=N–C) groups is 2. The van der Waals surface area contributed by atoms with Crippen LogP contribution in [0.5, 0.6) is 0 Å². The van der Waals surface area contributed by atoms with Crippen LogP contribution in [0.4, 0.5) is 0 Å². The van der Waals surface area contributed by atoms with Crippen molar-refractivity contribution in [1.82, 2.24) is 4.90 Å². The van der Waals surface area contributed by atoms with Crippen molar-refractivity contribution in [2.45, 2.75) is 26.2 Å². The maximum Gasteiger partial charge on any atom is 0.223 e. The zero-order valence-electron chi connectivity index (χ0n) is 12.8. The topological polar surface area (TPSA) is 80.0 Å². The van der Waals surface area contributed by atoms with E-state index in [-0.39, 0.29) is 18.4 Å². The number of guanidine groups is 2. The van der Waals surface area contributed by atoms with Crippen LogP contribution in [0.15, 0.2) is 40.3 Å². The van der Waals surface area contributed by atoms with Crippen molar-refractivity contribution in [3.05, 3.63) is 35.9 Å². The van der Waals surface area contributed by atoms with Gasteiger partial charge in [0.15, 0.2) is 5.96 Å². The number of hydrogen-bond acceptors (Lipinski definition) is 1. The lowest BCUT2D eigenvalue weighted by atomic mass is 10.2. The van der Waals surface area contributed by atoms with E-state index in [1.54, 1.807) is 0 Å². The van der Waals surface area contributed by atoms with Gasteiger partial charge in [-0.05, 0) is 18.4 Å². The fourth-order valence-corrected chi connectivity index (χ4v) is 1.78. The van der Waals surface area contributed by atoms with Crippen LogP contribution in [0.2, 0.25) is 0 Å². The van der Waals surface area contributed by atoms with E-state index in [0.717, 1.165) is 25.8 Å². The van der Waals surface area contributed by atoms with Crippen molar-refractivity contribution in [3.63, 3.8) is 0 Å². The average molecular weight is 312 g/mol. The van der Waals surface area contributed by atoms with Gasteiger partial charge in [-0.1, -0.05) is 43.7 Å². The molecule has 1 rings (SSSR count). The zero-order chi connectivity index (χ0) is 14.8. The van der Waals surface area contributed by atoms with E-state index < -0.39 is 0 Å². The van der Waals surface area contributed by atoms with Gasteiger partial charge < -0.3 is 16.4 Å². The molecule has 5 nitrogen and oxygen atoms in total. The molecule has 1 aromatic rings. The molecule has 0 spiro atoms. The van der Waals surface area contributed by atoms with Crippen LogP contribution in [0.25, 0.3) is 0 Å². The van der Waals surface area contributed by atoms with E-state index in [2.05, 4.69) is 29.0 Å². The molecular formula is C15H26ClN5. The quantitative estimate of drug-likeness (QED) is 0.623. The molecule has 0 fully saturated rings. The summed E-state index contributed by atoms with van der Waals surface area (Å²) in [7, 11) is 1.96. The Kier molecular flexibility index (Phi) is 10.1. The molecule has 21 heavy (non-hydrogen) atoms. The molecular weight excluding hydrogens is 286 g/mol. The van der Waals surface area contributed by atoms with E-state index in [1.165, 1.54) is 5.56 Å². The van der Waals surface area contributed by atoms with Gasteiger partial charge in [-0.15, -0.1) is 12.4 Å². The lowest BCUT2D eigenvalue weighted by Crippen LogP contribution is -2.32. The first-order valence-electron chi connectivity index (χ1n) is 7.02. The van der Waals surface area contributed by atoms with Crippen LogP contribution >= 0.6 is 12.4 Å². The van der Waals surface area contributed by atoms with Gasteiger partial charge in [0, 0.05) is 20.1 Å². The number of hydrogen-bond donors (Lipinski definition) is 2. The molecule has 0 atom stereocenters. The van der Waals surface area contributed by atoms with Crippen molar-refractivity contribution in [2.24, 2.45) is 21.5 Å². The van der Waals surface area contributed by atoms with E-state index in [9.17, 15) is 0 Å². The Balaban J connectivity index is 0.00000400. The van der Waals surface area contributed by atoms with Crippen molar-refractivity contribution in [3.8, 4) is 0 Å². The second kappa shape index (κ2) is 11.0. The number of rotatable bonds is 6. The summed E-state index contributed by atoms with van der Waals surface area (Å²) in [6.07, 6.45) is 3.10. The van der Waals surface area contributed by atoms with Crippen LogP contribution in [-0.2, 0) is 6.42 Å². The van der Waals surface area contributed by atoms with E-state index in [4.69, 9.17) is 11.5 Å². The highest BCUT2D eigenvalue weighted by atomic mass is 35.5. The first-order chi connectivity index (χ1) is 9.63. The molecule has 0 unspecified atom stereocenters. The SMILES string of the molecule is CCCCN(C)C(N=C(N)N)=NCCc1ccccc1.Cl. The smallest absolute Gasteiger partial charge is 0.223 e. The predicted octanol–water partition coefficient (Wildman–Crippen LogP) is 2.01. The molecule has 6 heteroatoms. The second-order valence-corrected chi connectivity index (χ2v) is 4.73. The molecule has 0 saturated carbocycles. The van der Waals surface area contributed by atoms with Crippen LogP contribution in [0.3, 0.4) is 0 Å². The van der Waals surface area contributed by atoms with Gasteiger partial charge in [0.25, 0.3) is 0 Å². The van der Waals surface area contributed by atoms with Gasteiger partial charge in [0.1, 0.15) is 0 Å². The molecule has 0 aliphatic rings. The number of nitrogens with zero attached hydrogens (tertiary/aromatic N) is 3. The molecule has 0 heterocycles. The highest BCUT2D eigenvalue weighted by Gasteiger charge is 2.04. The Hall–Kier alpha value is -1.75. The van der Waals surface area contributed by atoms with Crippen molar-refractivity contribution < 1.29 is 0 Å². The van der Waals surface area contributed by atoms with Gasteiger partial charge in [-0.25, -0.2) is 0 Å². The highest BCUT2D eigenvalue weighted by molar-refractivity contribution is 5.93. The Morgan fingerprint density at radius 2 is 1.86 bits per heavy atom. The Morgan fingerprint density at radius 3 is 2.43 bits per heavy atom. The maximum atomic E-state index is 5.46. The average Bonchev–Trinajstić information content (AvgIpc) is 2.44. The van der Waals surface area contributed by atoms with Gasteiger partial charge in [-0.2, -0.15) is 4.99 Å². The lowest BCUT2D eigenvalue weighted by molar-refractivity contribution is 0.478. The molecule has 0 aliphatic heterocycles. The predicted molar refractivity (Wildman–Crippen MR) is 93.0 cm³/mol. The van der Waals surface area contributed by atoms with Crippen molar-refractivity contribution in [1.29, 1.82) is 0 Å². The third-order valence-electron chi connectivity index (χ3n) is 2.91. The Bertz CT molecular complexity index is 441. The van der Waals surface area contributed by atoms with Gasteiger partial charge in [0.2, 0.25) is 5.96 Å². The van der Waals surface area contributed by atoms with Crippen molar-refractivity contribution in [2.75, 3.05) is 20.1 Å². The third kappa shape index (κ3) is 8.19. The molecule has 4 N–H and O–H groups in total. The molecule has 118 valence electrons. The van der Waals surface area contributed by atoms with E-state index >= 15 is 0 Å². The standard InChI is InChI=1S/C15H25N5.ClH/c1-3-4-12-20(2)15(19-14(16)17)18-11-10-13-8-6-5-7-9-13;/h5-9H,3-4,10-12H2,1-2H3,(H4,16,17,18,19);1H. The van der Waals surface area contributed by atoms with Gasteiger partial charge in [0.05, 0.1) is 0 Å². The molecule has 0 saturated heterocycles. The molecule has 0 aromatic heterocycles. The number of unbranched alkanes of at least 4 members (excludes halogenated alkanes) is 1. The summed E-state index contributed by atoms with van der Waals surface area (Å²) in [5.74, 6) is 0.654. The maximum absolute atomic E-state index is 5.46. The number of nitrogens with two attached hydrogens (primary N) is 2. The van der Waals surface area contributed by atoms with Crippen LogP contribution < -0.4 is 11.5 Å². The van der Waals surface area contributed by atoms with Gasteiger partial charge >= 0.3 is 0 Å². The fourth-order valence-electron chi connectivity index (χ4n) is 1.78. The number of halogens is 1. The molecule has 0 aliphatic carbocycles. The van der Waals surface area contributed by atoms with E-state index in [0.29, 0.717) is 12.5 Å². The monoisotopic (exact) mass is 311 g/mol. The van der Waals surface area contributed by atoms with Crippen LogP contribution in [-0.4, -0.2) is 37.0 Å². The zero-order valence-corrected chi connectivity index (χ0v) is 13.6. The first kappa shape index (κ1) is 19.2. The Morgan fingerprint density at radius 1 is 1.19 bits per heavy atom. The summed E-state index contributed by atoms with van der Waals surface area (Å²) in [4.78, 5) is 10.6. The number of benzene rings is 1. The van der Waals surface area contributed by atoms with Crippen LogP contribution in [0.1, 0.15) is 25.3 Å². The summed E-state index contributed by atoms with van der Waals surface area (Å²) in [6.45, 7) is 3.73. The van der Waals surface area contributed by atoms with Crippen LogP contribution in [0, 0.1) is 0 Å². The van der Waals surface area contributed by atoms with Crippen molar-refractivity contribution >= 4 is 24.3 Å². The third-order valence-corrected chi connectivity index (χ3v) is 2.91.